The van der Waals surface area contributed by atoms with Crippen molar-refractivity contribution >= 4 is 17.9 Å². The molecule has 7 nitrogen and oxygen atoms in total. The lowest BCUT2D eigenvalue weighted by Crippen LogP contribution is -2.45. The average Bonchev–Trinajstić information content (AvgIpc) is 3.07. The normalized spacial score (nSPS) is 23.4. The van der Waals surface area contributed by atoms with Crippen LogP contribution in [0.25, 0.3) is 0 Å². The summed E-state index contributed by atoms with van der Waals surface area (Å²) in [5.74, 6) is -0.977. The van der Waals surface area contributed by atoms with Gasteiger partial charge in [-0.3, -0.25) is 14.5 Å². The fourth-order valence-electron chi connectivity index (χ4n) is 2.24. The molecule has 1 aliphatic heterocycles. The monoisotopic (exact) mass is 269 g/mol. The maximum absolute atomic E-state index is 11.9. The number of nitrogens with zero attached hydrogens (tertiary/aromatic N) is 1. The highest BCUT2D eigenvalue weighted by Gasteiger charge is 2.44. The van der Waals surface area contributed by atoms with Crippen LogP contribution in [-0.2, 0) is 9.59 Å². The van der Waals surface area contributed by atoms with Crippen LogP contribution in [-0.4, -0.2) is 52.6 Å². The van der Waals surface area contributed by atoms with Crippen molar-refractivity contribution in [3.8, 4) is 0 Å². The third-order valence-corrected chi connectivity index (χ3v) is 3.50. The maximum Gasteiger partial charge on any atom is 0.325 e. The Balaban J connectivity index is 1.84. The molecule has 0 aromatic rings. The maximum atomic E-state index is 11.9. The lowest BCUT2D eigenvalue weighted by molar-refractivity contribution is -0.140. The standard InChI is InChI=1S/C12H19N3O4/c1-12(2)10(18)15(11(19)14-12)6-5-13-8(9(16)17)7-3-4-7/h7-8,13H,3-6H2,1-2H3,(H,14,19)(H,16,17). The molecule has 1 aliphatic carbocycles. The Morgan fingerprint density at radius 1 is 1.53 bits per heavy atom. The Morgan fingerprint density at radius 2 is 2.16 bits per heavy atom. The smallest absolute Gasteiger partial charge is 0.325 e. The zero-order valence-electron chi connectivity index (χ0n) is 11.1. The molecule has 7 heteroatoms. The van der Waals surface area contributed by atoms with E-state index in [4.69, 9.17) is 5.11 Å². The Labute approximate surface area is 111 Å². The number of carboxylic acids is 1. The Kier molecular flexibility index (Phi) is 3.49. The van der Waals surface area contributed by atoms with Gasteiger partial charge in [-0.05, 0) is 32.6 Å². The molecular weight excluding hydrogens is 250 g/mol. The second kappa shape index (κ2) is 4.80. The van der Waals surface area contributed by atoms with Gasteiger partial charge in [0.1, 0.15) is 11.6 Å². The fourth-order valence-corrected chi connectivity index (χ4v) is 2.24. The molecular formula is C12H19N3O4. The summed E-state index contributed by atoms with van der Waals surface area (Å²) in [6.45, 7) is 3.77. The molecule has 1 atom stereocenters. The lowest BCUT2D eigenvalue weighted by Gasteiger charge is -2.18. The van der Waals surface area contributed by atoms with E-state index in [1.165, 1.54) is 0 Å². The van der Waals surface area contributed by atoms with Crippen LogP contribution in [0, 0.1) is 5.92 Å². The predicted octanol–water partition coefficient (Wildman–Crippen LogP) is -0.230. The first kappa shape index (κ1) is 13.8. The highest BCUT2D eigenvalue weighted by atomic mass is 16.4. The number of rotatable bonds is 6. The van der Waals surface area contributed by atoms with E-state index in [1.54, 1.807) is 13.8 Å². The summed E-state index contributed by atoms with van der Waals surface area (Å²) in [6.07, 6.45) is 1.83. The van der Waals surface area contributed by atoms with Crippen molar-refractivity contribution in [2.75, 3.05) is 13.1 Å². The summed E-state index contributed by atoms with van der Waals surface area (Å²) in [7, 11) is 0. The predicted molar refractivity (Wildman–Crippen MR) is 66.5 cm³/mol. The van der Waals surface area contributed by atoms with Gasteiger partial charge in [0.15, 0.2) is 0 Å². The van der Waals surface area contributed by atoms with E-state index in [0.29, 0.717) is 6.54 Å². The Hall–Kier alpha value is -1.63. The molecule has 106 valence electrons. The van der Waals surface area contributed by atoms with Crippen molar-refractivity contribution < 1.29 is 19.5 Å². The molecule has 2 aliphatic rings. The molecule has 1 heterocycles. The number of carbonyl (C=O) groups excluding carboxylic acids is 2. The van der Waals surface area contributed by atoms with E-state index < -0.39 is 23.6 Å². The van der Waals surface area contributed by atoms with Crippen LogP contribution in [0.5, 0.6) is 0 Å². The number of carboxylic acid groups (broad SMARTS) is 1. The number of amides is 3. The van der Waals surface area contributed by atoms with Crippen molar-refractivity contribution in [1.29, 1.82) is 0 Å². The van der Waals surface area contributed by atoms with Crippen LogP contribution in [0.3, 0.4) is 0 Å². The molecule has 0 spiro atoms. The fraction of sp³-hybridized carbons (Fsp3) is 0.750. The minimum absolute atomic E-state index is 0.178. The molecule has 0 bridgehead atoms. The first-order valence-electron chi connectivity index (χ1n) is 6.43. The van der Waals surface area contributed by atoms with Crippen LogP contribution in [0.1, 0.15) is 26.7 Å². The van der Waals surface area contributed by atoms with Gasteiger partial charge in [-0.25, -0.2) is 4.79 Å². The van der Waals surface area contributed by atoms with Crippen molar-refractivity contribution in [3.63, 3.8) is 0 Å². The van der Waals surface area contributed by atoms with E-state index in [0.717, 1.165) is 17.7 Å². The number of urea groups is 1. The van der Waals surface area contributed by atoms with Crippen LogP contribution in [0.2, 0.25) is 0 Å². The number of hydrogen-bond acceptors (Lipinski definition) is 4. The molecule has 0 aromatic carbocycles. The summed E-state index contributed by atoms with van der Waals surface area (Å²) >= 11 is 0. The molecule has 2 fully saturated rings. The van der Waals surface area contributed by atoms with Crippen molar-refractivity contribution in [1.82, 2.24) is 15.5 Å². The van der Waals surface area contributed by atoms with Gasteiger partial charge in [0.25, 0.3) is 5.91 Å². The molecule has 1 saturated heterocycles. The largest absolute Gasteiger partial charge is 0.480 e. The molecule has 19 heavy (non-hydrogen) atoms. The minimum atomic E-state index is -0.875. The van der Waals surface area contributed by atoms with Crippen molar-refractivity contribution in [2.24, 2.45) is 5.92 Å². The number of hydrogen-bond donors (Lipinski definition) is 3. The Bertz CT molecular complexity index is 417. The third kappa shape index (κ3) is 2.86. The van der Waals surface area contributed by atoms with E-state index in [9.17, 15) is 14.4 Å². The van der Waals surface area contributed by atoms with Gasteiger partial charge in [0.05, 0.1) is 0 Å². The SMILES string of the molecule is CC1(C)NC(=O)N(CCNC(C(=O)O)C2CC2)C1=O. The second-order valence-corrected chi connectivity index (χ2v) is 5.62. The topological polar surface area (TPSA) is 98.7 Å². The van der Waals surface area contributed by atoms with Crippen LogP contribution in [0.15, 0.2) is 0 Å². The first-order valence-corrected chi connectivity index (χ1v) is 6.43. The molecule has 0 radical (unpaired) electrons. The van der Waals surface area contributed by atoms with Gasteiger partial charge in [-0.15, -0.1) is 0 Å². The summed E-state index contributed by atoms with van der Waals surface area (Å²) < 4.78 is 0. The highest BCUT2D eigenvalue weighted by molar-refractivity contribution is 6.06. The highest BCUT2D eigenvalue weighted by Crippen LogP contribution is 2.32. The molecule has 3 N–H and O–H groups in total. The van der Waals surface area contributed by atoms with Gasteiger partial charge in [-0.1, -0.05) is 0 Å². The average molecular weight is 269 g/mol. The van der Waals surface area contributed by atoms with Crippen LogP contribution in [0.4, 0.5) is 4.79 Å². The first-order chi connectivity index (χ1) is 8.83. The summed E-state index contributed by atoms with van der Waals surface area (Å²) in [5.41, 5.74) is -0.875. The van der Waals surface area contributed by atoms with Crippen molar-refractivity contribution in [2.45, 2.75) is 38.3 Å². The molecule has 2 rings (SSSR count). The van der Waals surface area contributed by atoms with Gasteiger partial charge < -0.3 is 15.7 Å². The van der Waals surface area contributed by atoms with Crippen LogP contribution >= 0.6 is 0 Å². The molecule has 1 saturated carbocycles. The lowest BCUT2D eigenvalue weighted by atomic mass is 10.1. The zero-order valence-corrected chi connectivity index (χ0v) is 11.1. The van der Waals surface area contributed by atoms with E-state index >= 15 is 0 Å². The van der Waals surface area contributed by atoms with Crippen molar-refractivity contribution in [3.05, 3.63) is 0 Å². The summed E-state index contributed by atoms with van der Waals surface area (Å²) in [4.78, 5) is 35.6. The number of imide groups is 1. The molecule has 1 unspecified atom stereocenters. The summed E-state index contributed by atoms with van der Waals surface area (Å²) in [5, 5.41) is 14.5. The third-order valence-electron chi connectivity index (χ3n) is 3.50. The zero-order chi connectivity index (χ0) is 14.2. The summed E-state index contributed by atoms with van der Waals surface area (Å²) in [6, 6.07) is -0.996. The molecule has 3 amide bonds. The minimum Gasteiger partial charge on any atom is -0.480 e. The molecule has 0 aromatic heterocycles. The van der Waals surface area contributed by atoms with Gasteiger partial charge in [0.2, 0.25) is 0 Å². The van der Waals surface area contributed by atoms with Crippen LogP contribution < -0.4 is 10.6 Å². The second-order valence-electron chi connectivity index (χ2n) is 5.62. The Morgan fingerprint density at radius 3 is 2.58 bits per heavy atom. The number of aliphatic carboxylic acids is 1. The van der Waals surface area contributed by atoms with Gasteiger partial charge in [0, 0.05) is 13.1 Å². The van der Waals surface area contributed by atoms with E-state index in [2.05, 4.69) is 10.6 Å². The number of nitrogens with one attached hydrogen (secondary N) is 2. The van der Waals surface area contributed by atoms with Gasteiger partial charge in [-0.2, -0.15) is 0 Å². The van der Waals surface area contributed by atoms with Gasteiger partial charge >= 0.3 is 12.0 Å². The van der Waals surface area contributed by atoms with E-state index in [-0.39, 0.29) is 18.4 Å². The quantitative estimate of drug-likeness (QED) is 0.578. The van der Waals surface area contributed by atoms with E-state index in [1.807, 2.05) is 0 Å². The number of carbonyl (C=O) groups is 3.